The first-order chi connectivity index (χ1) is 11.7. The van der Waals surface area contributed by atoms with Crippen LogP contribution in [0.1, 0.15) is 73.1 Å². The van der Waals surface area contributed by atoms with Gasteiger partial charge in [0.05, 0.1) is 5.41 Å². The molecule has 3 amide bonds. The summed E-state index contributed by atoms with van der Waals surface area (Å²) in [7, 11) is 0. The van der Waals surface area contributed by atoms with Crippen LogP contribution >= 0.6 is 0 Å². The van der Waals surface area contributed by atoms with E-state index in [2.05, 4.69) is 19.2 Å². The van der Waals surface area contributed by atoms with Crippen LogP contribution in [-0.4, -0.2) is 35.7 Å². The quantitative estimate of drug-likeness (QED) is 0.684. The van der Waals surface area contributed by atoms with E-state index in [0.29, 0.717) is 12.5 Å². The molecule has 5 heteroatoms. The fraction of sp³-hybridized carbons (Fsp3) is 0.850. The molecular weight excluding hydrogens is 316 g/mol. The molecule has 1 N–H and O–H groups in total. The maximum Gasteiger partial charge on any atom is 0.240 e. The van der Waals surface area contributed by atoms with Gasteiger partial charge in [0.15, 0.2) is 0 Å². The molecule has 5 nitrogen and oxygen atoms in total. The molecular formula is C20H34N2O3. The number of carbonyl (C=O) groups excluding carboxylic acids is 3. The van der Waals surface area contributed by atoms with E-state index in [4.69, 9.17) is 0 Å². The summed E-state index contributed by atoms with van der Waals surface area (Å²) in [5, 5.41) is 2.93. The van der Waals surface area contributed by atoms with Gasteiger partial charge in [-0.15, -0.1) is 0 Å². The van der Waals surface area contributed by atoms with Crippen LogP contribution < -0.4 is 5.32 Å². The monoisotopic (exact) mass is 350 g/mol. The number of nitrogens with zero attached hydrogens (tertiary/aromatic N) is 1. The van der Waals surface area contributed by atoms with E-state index < -0.39 is 5.41 Å². The molecule has 0 aromatic carbocycles. The third kappa shape index (κ3) is 3.47. The minimum absolute atomic E-state index is 0.135. The van der Waals surface area contributed by atoms with Crippen molar-refractivity contribution >= 4 is 17.7 Å². The topological polar surface area (TPSA) is 66.5 Å². The van der Waals surface area contributed by atoms with Crippen LogP contribution in [0.5, 0.6) is 0 Å². The van der Waals surface area contributed by atoms with Crippen LogP contribution in [-0.2, 0) is 14.4 Å². The van der Waals surface area contributed by atoms with Crippen LogP contribution in [0, 0.1) is 22.7 Å². The number of nitrogens with one attached hydrogen (secondary N) is 1. The van der Waals surface area contributed by atoms with E-state index in [1.807, 2.05) is 20.8 Å². The normalized spacial score (nSPS) is 29.0. The van der Waals surface area contributed by atoms with Crippen molar-refractivity contribution in [3.05, 3.63) is 0 Å². The molecule has 2 aliphatic rings. The van der Waals surface area contributed by atoms with Gasteiger partial charge in [0, 0.05) is 12.5 Å². The zero-order valence-corrected chi connectivity index (χ0v) is 16.5. The number of likely N-dealkylation sites (tertiary alicyclic amines) is 1. The summed E-state index contributed by atoms with van der Waals surface area (Å²) in [5.74, 6) is -0.262. The first kappa shape index (κ1) is 19.9. The van der Waals surface area contributed by atoms with Gasteiger partial charge >= 0.3 is 0 Å². The number of amides is 3. The van der Waals surface area contributed by atoms with Gasteiger partial charge < -0.3 is 5.32 Å². The van der Waals surface area contributed by atoms with Gasteiger partial charge in [-0.05, 0) is 30.6 Å². The summed E-state index contributed by atoms with van der Waals surface area (Å²) < 4.78 is 0. The van der Waals surface area contributed by atoms with Crippen molar-refractivity contribution in [2.75, 3.05) is 13.1 Å². The number of hydrogen-bond donors (Lipinski definition) is 1. The SMILES string of the molecule is CCCCC(CC)CNC(=O)CN1C(=O)C2CCC(C)(C1=O)C2(C)C. The molecule has 1 saturated carbocycles. The van der Waals surface area contributed by atoms with Gasteiger partial charge in [-0.1, -0.05) is 53.9 Å². The minimum atomic E-state index is -0.543. The molecule has 0 aromatic heterocycles. The lowest BCUT2D eigenvalue weighted by Gasteiger charge is -2.47. The standard InChI is InChI=1S/C20H34N2O3/c1-6-8-9-14(7-2)12-21-16(23)13-22-17(24)15-10-11-20(5,18(22)25)19(15,3)4/h14-15H,6-13H2,1-5H3,(H,21,23). The fourth-order valence-corrected chi connectivity index (χ4v) is 4.45. The highest BCUT2D eigenvalue weighted by molar-refractivity contribution is 6.06. The first-order valence-electron chi connectivity index (χ1n) is 9.81. The smallest absolute Gasteiger partial charge is 0.240 e. The number of fused-ring (bicyclic) bond motifs is 2. The van der Waals surface area contributed by atoms with Crippen molar-refractivity contribution in [3.63, 3.8) is 0 Å². The Labute approximate surface area is 151 Å². The van der Waals surface area contributed by atoms with Crippen LogP contribution in [0.3, 0.4) is 0 Å². The maximum absolute atomic E-state index is 12.9. The zero-order chi connectivity index (χ0) is 18.8. The highest BCUT2D eigenvalue weighted by atomic mass is 16.2. The highest BCUT2D eigenvalue weighted by Gasteiger charge is 2.64. The van der Waals surface area contributed by atoms with Gasteiger partial charge in [-0.2, -0.15) is 0 Å². The van der Waals surface area contributed by atoms with Crippen molar-refractivity contribution in [2.45, 2.75) is 73.1 Å². The summed E-state index contributed by atoms with van der Waals surface area (Å²) in [5.41, 5.74) is -0.874. The Morgan fingerprint density at radius 3 is 2.56 bits per heavy atom. The number of imide groups is 1. The predicted octanol–water partition coefficient (Wildman–Crippen LogP) is 3.13. The summed E-state index contributed by atoms with van der Waals surface area (Å²) in [6.07, 6.45) is 5.90. The third-order valence-electron chi connectivity index (χ3n) is 6.94. The van der Waals surface area contributed by atoms with E-state index in [0.717, 1.165) is 38.5 Å². The summed E-state index contributed by atoms with van der Waals surface area (Å²) in [4.78, 5) is 39.2. The largest absolute Gasteiger partial charge is 0.354 e. The molecule has 142 valence electrons. The van der Waals surface area contributed by atoms with Crippen molar-refractivity contribution in [1.29, 1.82) is 0 Å². The van der Waals surface area contributed by atoms with Crippen molar-refractivity contribution < 1.29 is 14.4 Å². The van der Waals surface area contributed by atoms with Gasteiger partial charge in [0.2, 0.25) is 17.7 Å². The zero-order valence-electron chi connectivity index (χ0n) is 16.5. The van der Waals surface area contributed by atoms with Crippen LogP contribution in [0.4, 0.5) is 0 Å². The third-order valence-corrected chi connectivity index (χ3v) is 6.94. The van der Waals surface area contributed by atoms with Gasteiger partial charge in [0.25, 0.3) is 0 Å². The summed E-state index contributed by atoms with van der Waals surface area (Å²) >= 11 is 0. The van der Waals surface area contributed by atoms with Gasteiger partial charge in [-0.3, -0.25) is 19.3 Å². The number of unbranched alkanes of at least 4 members (excludes halogenated alkanes) is 1. The van der Waals surface area contributed by atoms with Crippen molar-refractivity contribution in [3.8, 4) is 0 Å². The Kier molecular flexibility index (Phi) is 5.95. The first-order valence-corrected chi connectivity index (χ1v) is 9.81. The number of hydrogen-bond acceptors (Lipinski definition) is 3. The Hall–Kier alpha value is -1.39. The Balaban J connectivity index is 1.97. The lowest BCUT2D eigenvalue weighted by Crippen LogP contribution is -2.60. The minimum Gasteiger partial charge on any atom is -0.354 e. The van der Waals surface area contributed by atoms with Gasteiger partial charge in [-0.25, -0.2) is 0 Å². The van der Waals surface area contributed by atoms with Crippen molar-refractivity contribution in [2.24, 2.45) is 22.7 Å². The number of piperidine rings is 1. The second-order valence-electron chi connectivity index (χ2n) is 8.60. The second-order valence-corrected chi connectivity index (χ2v) is 8.60. The lowest BCUT2D eigenvalue weighted by atomic mass is 9.62. The molecule has 0 aromatic rings. The average molecular weight is 351 g/mol. The molecule has 0 radical (unpaired) electrons. The molecule has 2 fully saturated rings. The predicted molar refractivity (Wildman–Crippen MR) is 97.6 cm³/mol. The Morgan fingerprint density at radius 2 is 1.96 bits per heavy atom. The van der Waals surface area contributed by atoms with Gasteiger partial charge in [0.1, 0.15) is 6.54 Å². The van der Waals surface area contributed by atoms with Crippen LogP contribution in [0.2, 0.25) is 0 Å². The van der Waals surface area contributed by atoms with E-state index >= 15 is 0 Å². The fourth-order valence-electron chi connectivity index (χ4n) is 4.45. The molecule has 3 atom stereocenters. The highest BCUT2D eigenvalue weighted by Crippen LogP contribution is 2.59. The molecule has 1 saturated heterocycles. The van der Waals surface area contributed by atoms with Crippen molar-refractivity contribution in [1.82, 2.24) is 10.2 Å². The van der Waals surface area contributed by atoms with E-state index in [-0.39, 0.29) is 35.6 Å². The molecule has 0 spiro atoms. The van der Waals surface area contributed by atoms with Crippen LogP contribution in [0.25, 0.3) is 0 Å². The Bertz CT molecular complexity index is 543. The van der Waals surface area contributed by atoms with E-state index in [9.17, 15) is 14.4 Å². The van der Waals surface area contributed by atoms with E-state index in [1.54, 1.807) is 0 Å². The lowest BCUT2D eigenvalue weighted by molar-refractivity contribution is -0.169. The molecule has 1 heterocycles. The second kappa shape index (κ2) is 7.46. The summed E-state index contributed by atoms with van der Waals surface area (Å²) in [6, 6.07) is 0. The average Bonchev–Trinajstić information content (AvgIpc) is 2.76. The van der Waals surface area contributed by atoms with E-state index in [1.165, 1.54) is 4.90 Å². The maximum atomic E-state index is 12.9. The molecule has 2 bridgehead atoms. The number of carbonyl (C=O) groups is 3. The van der Waals surface area contributed by atoms with Crippen LogP contribution in [0.15, 0.2) is 0 Å². The Morgan fingerprint density at radius 1 is 1.28 bits per heavy atom. The molecule has 25 heavy (non-hydrogen) atoms. The number of rotatable bonds is 8. The molecule has 1 aliphatic carbocycles. The summed E-state index contributed by atoms with van der Waals surface area (Å²) in [6.45, 7) is 10.8. The molecule has 2 rings (SSSR count). The molecule has 3 unspecified atom stereocenters. The molecule has 1 aliphatic heterocycles.